The Hall–Kier alpha value is -3.19. The zero-order valence-corrected chi connectivity index (χ0v) is 21.8. The number of ketones is 1. The van der Waals surface area contributed by atoms with E-state index in [0.717, 1.165) is 24.7 Å². The van der Waals surface area contributed by atoms with Gasteiger partial charge in [0.25, 0.3) is 0 Å². The van der Waals surface area contributed by atoms with E-state index in [0.29, 0.717) is 11.3 Å². The summed E-state index contributed by atoms with van der Waals surface area (Å²) in [5.41, 5.74) is 1.10. The van der Waals surface area contributed by atoms with E-state index in [1.165, 1.54) is 39.1 Å². The Kier molecular flexibility index (Phi) is 6.07. The molecule has 0 aliphatic carbocycles. The minimum atomic E-state index is -3.55. The number of hydrogen-bond donors (Lipinski definition) is 0. The van der Waals surface area contributed by atoms with E-state index >= 15 is 0 Å². The van der Waals surface area contributed by atoms with Crippen LogP contribution in [0.5, 0.6) is 5.75 Å². The van der Waals surface area contributed by atoms with Crippen molar-refractivity contribution < 1.29 is 26.7 Å². The SMILES string of the molecule is CC(=O)c1cn2c(cc1=O)-c1cc(OC(F)F)c(C#CC(C)(C)S(C)(=O)=O)cc1[C@H]1CCC(C)(C)N12. The topological polar surface area (TPSA) is 85.7 Å². The Balaban J connectivity index is 2.02. The second-order valence-corrected chi connectivity index (χ2v) is 13.0. The first kappa shape index (κ1) is 25.9. The summed E-state index contributed by atoms with van der Waals surface area (Å²) < 4.78 is 56.1. The number of Topliss-reactive ketones (excluding diaryl/α,β-unsaturated/α-hetero) is 1. The first-order valence-electron chi connectivity index (χ1n) is 11.5. The maximum absolute atomic E-state index is 13.3. The lowest BCUT2D eigenvalue weighted by Crippen LogP contribution is -2.50. The van der Waals surface area contributed by atoms with Gasteiger partial charge in [0.05, 0.1) is 28.4 Å². The van der Waals surface area contributed by atoms with Crippen LogP contribution in [-0.4, -0.2) is 42.0 Å². The molecule has 1 saturated heterocycles. The maximum atomic E-state index is 13.3. The molecule has 0 unspecified atom stereocenters. The lowest BCUT2D eigenvalue weighted by molar-refractivity contribution is -0.0500. The van der Waals surface area contributed by atoms with Gasteiger partial charge in [0.15, 0.2) is 21.0 Å². The standard InChI is InChI=1S/C26H28F2N2O5S/c1-15(31)19-14-29-21(13-22(19)32)18-12-23(35-24(27)28)16(7-10-26(4,5)36(6,33)34)11-17(18)20-8-9-25(2,3)30(20)29/h11-14,20,24H,8-9H2,1-6H3/t20-/m1/s1. The fourth-order valence-electron chi connectivity index (χ4n) is 4.74. The van der Waals surface area contributed by atoms with Crippen LogP contribution in [0.3, 0.4) is 0 Å². The summed E-state index contributed by atoms with van der Waals surface area (Å²) >= 11 is 0. The number of hydrogen-bond acceptors (Lipinski definition) is 6. The van der Waals surface area contributed by atoms with Gasteiger partial charge in [-0.25, -0.2) is 8.42 Å². The number of pyridine rings is 1. The molecule has 36 heavy (non-hydrogen) atoms. The zero-order chi connectivity index (χ0) is 26.8. The first-order valence-corrected chi connectivity index (χ1v) is 13.4. The monoisotopic (exact) mass is 518 g/mol. The Bertz CT molecular complexity index is 1500. The van der Waals surface area contributed by atoms with Crippen LogP contribution in [0, 0.1) is 11.8 Å². The summed E-state index contributed by atoms with van der Waals surface area (Å²) in [6, 6.07) is 4.21. The number of ether oxygens (including phenoxy) is 1. The largest absolute Gasteiger partial charge is 0.433 e. The molecule has 0 N–H and O–H groups in total. The van der Waals surface area contributed by atoms with Gasteiger partial charge >= 0.3 is 6.61 Å². The van der Waals surface area contributed by atoms with Crippen molar-refractivity contribution in [3.8, 4) is 28.8 Å². The van der Waals surface area contributed by atoms with Crippen molar-refractivity contribution in [3.05, 3.63) is 51.3 Å². The fourth-order valence-corrected chi connectivity index (χ4v) is 4.98. The molecule has 1 aromatic carbocycles. The highest BCUT2D eigenvalue weighted by molar-refractivity contribution is 7.92. The molecule has 10 heteroatoms. The molecule has 0 spiro atoms. The minimum absolute atomic E-state index is 0.0400. The van der Waals surface area contributed by atoms with Crippen LogP contribution in [0.1, 0.15) is 75.0 Å². The summed E-state index contributed by atoms with van der Waals surface area (Å²) in [6.45, 7) is 5.17. The third-order valence-electron chi connectivity index (χ3n) is 7.02. The molecule has 1 fully saturated rings. The van der Waals surface area contributed by atoms with E-state index in [4.69, 9.17) is 4.74 Å². The molecule has 0 radical (unpaired) electrons. The van der Waals surface area contributed by atoms with Gasteiger partial charge in [0.1, 0.15) is 10.5 Å². The summed E-state index contributed by atoms with van der Waals surface area (Å²) in [6.07, 6.45) is 4.11. The van der Waals surface area contributed by atoms with Gasteiger partial charge in [-0.15, -0.1) is 0 Å². The zero-order valence-electron chi connectivity index (χ0n) is 21.0. The summed E-state index contributed by atoms with van der Waals surface area (Å²) in [7, 11) is -3.55. The molecule has 4 rings (SSSR count). The first-order chi connectivity index (χ1) is 16.5. The van der Waals surface area contributed by atoms with Gasteiger partial charge in [-0.3, -0.25) is 19.3 Å². The van der Waals surface area contributed by atoms with Crippen molar-refractivity contribution in [3.63, 3.8) is 0 Å². The van der Waals surface area contributed by atoms with E-state index in [1.807, 2.05) is 0 Å². The van der Waals surface area contributed by atoms with E-state index in [1.54, 1.807) is 10.7 Å². The third-order valence-corrected chi connectivity index (χ3v) is 8.97. The van der Waals surface area contributed by atoms with Crippen LogP contribution >= 0.6 is 0 Å². The van der Waals surface area contributed by atoms with Crippen molar-refractivity contribution in [1.82, 2.24) is 4.68 Å². The van der Waals surface area contributed by atoms with Crippen molar-refractivity contribution in [2.24, 2.45) is 0 Å². The highest BCUT2D eigenvalue weighted by atomic mass is 32.2. The molecule has 2 aliphatic heterocycles. The number of rotatable bonds is 4. The Morgan fingerprint density at radius 3 is 2.50 bits per heavy atom. The van der Waals surface area contributed by atoms with Crippen molar-refractivity contribution in [2.45, 2.75) is 70.4 Å². The molecule has 0 saturated carbocycles. The predicted octanol–water partition coefficient (Wildman–Crippen LogP) is 4.06. The number of fused-ring (bicyclic) bond motifs is 6. The average Bonchev–Trinajstić information content (AvgIpc) is 3.06. The number of halogens is 2. The van der Waals surface area contributed by atoms with E-state index < -0.39 is 26.6 Å². The Morgan fingerprint density at radius 1 is 1.25 bits per heavy atom. The molecule has 3 heterocycles. The predicted molar refractivity (Wildman–Crippen MR) is 133 cm³/mol. The number of sulfone groups is 1. The van der Waals surface area contributed by atoms with E-state index in [2.05, 4.69) is 30.7 Å². The molecule has 1 aromatic heterocycles. The molecule has 0 bridgehead atoms. The number of aromatic nitrogens is 1. The van der Waals surface area contributed by atoms with Gasteiger partial charge in [0, 0.05) is 24.1 Å². The number of benzene rings is 1. The average molecular weight is 519 g/mol. The quantitative estimate of drug-likeness (QED) is 0.448. The molecule has 7 nitrogen and oxygen atoms in total. The second kappa shape index (κ2) is 8.44. The summed E-state index contributed by atoms with van der Waals surface area (Å²) in [5, 5.41) is 2.09. The number of alkyl halides is 2. The second-order valence-electron chi connectivity index (χ2n) is 10.4. The van der Waals surface area contributed by atoms with Crippen LogP contribution in [0.4, 0.5) is 8.78 Å². The molecule has 2 aromatic rings. The lowest BCUT2D eigenvalue weighted by atomic mass is 9.91. The van der Waals surface area contributed by atoms with E-state index in [-0.39, 0.29) is 34.2 Å². The van der Waals surface area contributed by atoms with Crippen molar-refractivity contribution in [2.75, 3.05) is 11.3 Å². The van der Waals surface area contributed by atoms with Crippen molar-refractivity contribution >= 4 is 15.6 Å². The van der Waals surface area contributed by atoms with Gasteiger partial charge in [-0.05, 0) is 65.2 Å². The van der Waals surface area contributed by atoms with Gasteiger partial charge in [-0.2, -0.15) is 8.78 Å². The molecular formula is C26H28F2N2O5S. The summed E-state index contributed by atoms with van der Waals surface area (Å²) in [5.74, 6) is 4.86. The highest BCUT2D eigenvalue weighted by Gasteiger charge is 2.45. The van der Waals surface area contributed by atoms with E-state index in [9.17, 15) is 26.8 Å². The number of carbonyl (C=O) groups is 1. The lowest BCUT2D eigenvalue weighted by Gasteiger charge is -2.44. The molecule has 192 valence electrons. The minimum Gasteiger partial charge on any atom is -0.433 e. The highest BCUT2D eigenvalue weighted by Crippen LogP contribution is 2.49. The molecule has 2 aliphatic rings. The van der Waals surface area contributed by atoms with Crippen LogP contribution < -0.4 is 15.2 Å². The normalized spacial score (nSPS) is 18.1. The number of nitrogens with zero attached hydrogens (tertiary/aromatic N) is 2. The van der Waals surface area contributed by atoms with Gasteiger partial charge in [-0.1, -0.05) is 11.8 Å². The van der Waals surface area contributed by atoms with Crippen molar-refractivity contribution in [1.29, 1.82) is 0 Å². The Labute approximate surface area is 209 Å². The maximum Gasteiger partial charge on any atom is 0.387 e. The van der Waals surface area contributed by atoms with Crippen LogP contribution in [0.2, 0.25) is 0 Å². The van der Waals surface area contributed by atoms with Crippen LogP contribution in [0.15, 0.2) is 29.2 Å². The van der Waals surface area contributed by atoms with Crippen LogP contribution in [-0.2, 0) is 9.84 Å². The molecule has 1 atom stereocenters. The van der Waals surface area contributed by atoms with Crippen LogP contribution in [0.25, 0.3) is 11.3 Å². The number of carbonyl (C=O) groups excluding carboxylic acids is 1. The molecular weight excluding hydrogens is 490 g/mol. The van der Waals surface area contributed by atoms with Gasteiger partial charge < -0.3 is 4.74 Å². The van der Waals surface area contributed by atoms with Gasteiger partial charge in [0.2, 0.25) is 0 Å². The fraction of sp³-hybridized carbons (Fsp3) is 0.462. The summed E-state index contributed by atoms with van der Waals surface area (Å²) in [4.78, 5) is 24.9. The smallest absolute Gasteiger partial charge is 0.387 e. The third kappa shape index (κ3) is 4.30. The Morgan fingerprint density at radius 2 is 1.92 bits per heavy atom. The molecule has 0 amide bonds.